The predicted molar refractivity (Wildman–Crippen MR) is 77.0 cm³/mol. The summed E-state index contributed by atoms with van der Waals surface area (Å²) >= 11 is 5.84. The molecule has 0 aliphatic carbocycles. The van der Waals surface area contributed by atoms with E-state index >= 15 is 0 Å². The number of ether oxygens (including phenoxy) is 1. The molecule has 1 unspecified atom stereocenters. The van der Waals surface area contributed by atoms with E-state index in [-0.39, 0.29) is 5.91 Å². The third-order valence-electron chi connectivity index (χ3n) is 3.67. The maximum atomic E-state index is 12.5. The number of halogens is 1. The van der Waals surface area contributed by atoms with Gasteiger partial charge in [0.05, 0.1) is 7.11 Å². The molecule has 1 heterocycles. The normalized spacial score (nSPS) is 19.3. The number of hydrogen-bond acceptors (Lipinski definition) is 2. The zero-order valence-corrected chi connectivity index (χ0v) is 12.0. The van der Waals surface area contributed by atoms with Gasteiger partial charge in [0.2, 0.25) is 0 Å². The van der Waals surface area contributed by atoms with E-state index in [9.17, 15) is 4.79 Å². The first-order chi connectivity index (χ1) is 9.26. The number of alkyl halides is 1. The van der Waals surface area contributed by atoms with Gasteiger partial charge in [-0.1, -0.05) is 0 Å². The molecule has 104 valence electrons. The summed E-state index contributed by atoms with van der Waals surface area (Å²) in [6.45, 7) is 0.840. The van der Waals surface area contributed by atoms with Gasteiger partial charge in [-0.2, -0.15) is 0 Å². The van der Waals surface area contributed by atoms with Crippen molar-refractivity contribution < 1.29 is 9.53 Å². The van der Waals surface area contributed by atoms with E-state index in [0.29, 0.717) is 11.9 Å². The first kappa shape index (κ1) is 14.2. The Bertz CT molecular complexity index is 417. The number of rotatable bonds is 4. The summed E-state index contributed by atoms with van der Waals surface area (Å²) in [5.41, 5.74) is 0.724. The Hall–Kier alpha value is -1.22. The van der Waals surface area contributed by atoms with E-state index in [0.717, 1.165) is 37.1 Å². The van der Waals surface area contributed by atoms with Gasteiger partial charge in [-0.3, -0.25) is 4.79 Å². The summed E-state index contributed by atoms with van der Waals surface area (Å²) in [7, 11) is 1.62. The van der Waals surface area contributed by atoms with Crippen molar-refractivity contribution in [1.82, 2.24) is 4.90 Å². The lowest BCUT2D eigenvalue weighted by atomic mass is 9.99. The van der Waals surface area contributed by atoms with Gasteiger partial charge in [0.25, 0.3) is 5.91 Å². The van der Waals surface area contributed by atoms with Crippen molar-refractivity contribution in [1.29, 1.82) is 0 Å². The summed E-state index contributed by atoms with van der Waals surface area (Å²) in [6.07, 6.45) is 4.21. The molecule has 2 rings (SSSR count). The number of piperidine rings is 1. The molecule has 1 saturated heterocycles. The van der Waals surface area contributed by atoms with Crippen LogP contribution in [0.15, 0.2) is 24.3 Å². The average molecular weight is 282 g/mol. The fraction of sp³-hybridized carbons (Fsp3) is 0.533. The largest absolute Gasteiger partial charge is 0.497 e. The van der Waals surface area contributed by atoms with Gasteiger partial charge >= 0.3 is 0 Å². The smallest absolute Gasteiger partial charge is 0.254 e. The Morgan fingerprint density at radius 3 is 2.74 bits per heavy atom. The van der Waals surface area contributed by atoms with Gasteiger partial charge in [-0.25, -0.2) is 0 Å². The Morgan fingerprint density at radius 2 is 2.11 bits per heavy atom. The van der Waals surface area contributed by atoms with Crippen LogP contribution in [-0.2, 0) is 0 Å². The molecule has 0 radical (unpaired) electrons. The molecular weight excluding hydrogens is 262 g/mol. The molecule has 0 spiro atoms. The van der Waals surface area contributed by atoms with E-state index in [4.69, 9.17) is 16.3 Å². The summed E-state index contributed by atoms with van der Waals surface area (Å²) in [5, 5.41) is 0. The Labute approximate surface area is 119 Å². The van der Waals surface area contributed by atoms with E-state index in [2.05, 4.69) is 0 Å². The monoisotopic (exact) mass is 281 g/mol. The van der Waals surface area contributed by atoms with E-state index in [1.165, 1.54) is 6.42 Å². The molecule has 3 nitrogen and oxygen atoms in total. The van der Waals surface area contributed by atoms with Crippen molar-refractivity contribution in [2.75, 3.05) is 19.5 Å². The second-order valence-electron chi connectivity index (χ2n) is 4.85. The van der Waals surface area contributed by atoms with Crippen molar-refractivity contribution in [2.45, 2.75) is 31.7 Å². The van der Waals surface area contributed by atoms with Crippen LogP contribution in [0.1, 0.15) is 36.0 Å². The molecule has 1 aromatic carbocycles. The van der Waals surface area contributed by atoms with Crippen molar-refractivity contribution >= 4 is 17.5 Å². The minimum absolute atomic E-state index is 0.109. The van der Waals surface area contributed by atoms with Crippen molar-refractivity contribution in [2.24, 2.45) is 0 Å². The van der Waals surface area contributed by atoms with Gasteiger partial charge < -0.3 is 9.64 Å². The highest BCUT2D eigenvalue weighted by Crippen LogP contribution is 2.23. The fourth-order valence-electron chi connectivity index (χ4n) is 2.59. The van der Waals surface area contributed by atoms with Gasteiger partial charge in [0.1, 0.15) is 5.75 Å². The highest BCUT2D eigenvalue weighted by Gasteiger charge is 2.26. The van der Waals surface area contributed by atoms with Crippen LogP contribution in [0.25, 0.3) is 0 Å². The maximum absolute atomic E-state index is 12.5. The van der Waals surface area contributed by atoms with Crippen molar-refractivity contribution in [3.8, 4) is 5.75 Å². The molecule has 0 bridgehead atoms. The third kappa shape index (κ3) is 3.41. The van der Waals surface area contributed by atoms with Crippen LogP contribution >= 0.6 is 11.6 Å². The molecule has 0 N–H and O–H groups in total. The number of carbonyl (C=O) groups is 1. The zero-order valence-electron chi connectivity index (χ0n) is 11.3. The summed E-state index contributed by atoms with van der Waals surface area (Å²) in [6, 6.07) is 7.60. The van der Waals surface area contributed by atoms with Crippen LogP contribution in [0.5, 0.6) is 5.75 Å². The Kier molecular flexibility index (Phi) is 5.08. The van der Waals surface area contributed by atoms with Crippen LogP contribution in [-0.4, -0.2) is 36.4 Å². The van der Waals surface area contributed by atoms with Gasteiger partial charge in [-0.15, -0.1) is 11.6 Å². The molecular formula is C15H20ClNO2. The summed E-state index contributed by atoms with van der Waals surface area (Å²) in [4.78, 5) is 14.5. The molecule has 1 atom stereocenters. The third-order valence-corrected chi connectivity index (χ3v) is 3.89. The second-order valence-corrected chi connectivity index (χ2v) is 5.23. The molecule has 1 aliphatic rings. The van der Waals surface area contributed by atoms with Crippen LogP contribution in [0.4, 0.5) is 0 Å². The zero-order chi connectivity index (χ0) is 13.7. The molecule has 0 saturated carbocycles. The molecule has 0 aromatic heterocycles. The predicted octanol–water partition coefficient (Wildman–Crippen LogP) is 3.32. The first-order valence-corrected chi connectivity index (χ1v) is 7.30. The SMILES string of the molecule is COc1ccc(C(=O)N2CCCCC2CCCl)cc1. The first-order valence-electron chi connectivity index (χ1n) is 6.77. The molecule has 1 fully saturated rings. The fourth-order valence-corrected chi connectivity index (χ4v) is 2.85. The van der Waals surface area contributed by atoms with Gasteiger partial charge in [0.15, 0.2) is 0 Å². The number of nitrogens with zero attached hydrogens (tertiary/aromatic N) is 1. The summed E-state index contributed by atoms with van der Waals surface area (Å²) < 4.78 is 5.11. The number of likely N-dealkylation sites (tertiary alicyclic amines) is 1. The Balaban J connectivity index is 2.11. The highest BCUT2D eigenvalue weighted by molar-refractivity contribution is 6.17. The lowest BCUT2D eigenvalue weighted by Crippen LogP contribution is -2.43. The van der Waals surface area contributed by atoms with E-state index < -0.39 is 0 Å². The molecule has 1 amide bonds. The van der Waals surface area contributed by atoms with Crippen LogP contribution in [0.3, 0.4) is 0 Å². The number of benzene rings is 1. The Morgan fingerprint density at radius 1 is 1.37 bits per heavy atom. The van der Waals surface area contributed by atoms with Crippen LogP contribution < -0.4 is 4.74 Å². The highest BCUT2D eigenvalue weighted by atomic mass is 35.5. The second kappa shape index (κ2) is 6.80. The van der Waals surface area contributed by atoms with Crippen LogP contribution in [0, 0.1) is 0 Å². The number of amides is 1. The molecule has 1 aromatic rings. The van der Waals surface area contributed by atoms with Crippen molar-refractivity contribution in [3.63, 3.8) is 0 Å². The molecule has 1 aliphatic heterocycles. The number of carbonyl (C=O) groups excluding carboxylic acids is 1. The molecule has 4 heteroatoms. The lowest BCUT2D eigenvalue weighted by molar-refractivity contribution is 0.0609. The van der Waals surface area contributed by atoms with Crippen molar-refractivity contribution in [3.05, 3.63) is 29.8 Å². The minimum atomic E-state index is 0.109. The van der Waals surface area contributed by atoms with E-state index in [1.807, 2.05) is 29.2 Å². The topological polar surface area (TPSA) is 29.5 Å². The number of methoxy groups -OCH3 is 1. The van der Waals surface area contributed by atoms with Crippen LogP contribution in [0.2, 0.25) is 0 Å². The summed E-state index contributed by atoms with van der Waals surface area (Å²) in [5.74, 6) is 1.49. The maximum Gasteiger partial charge on any atom is 0.254 e. The van der Waals surface area contributed by atoms with Gasteiger partial charge in [0, 0.05) is 24.0 Å². The average Bonchev–Trinajstić information content (AvgIpc) is 2.47. The minimum Gasteiger partial charge on any atom is -0.497 e. The van der Waals surface area contributed by atoms with Gasteiger partial charge in [-0.05, 0) is 49.9 Å². The number of hydrogen-bond donors (Lipinski definition) is 0. The lowest BCUT2D eigenvalue weighted by Gasteiger charge is -2.35. The quantitative estimate of drug-likeness (QED) is 0.793. The van der Waals surface area contributed by atoms with E-state index in [1.54, 1.807) is 7.11 Å². The standard InChI is InChI=1S/C15H20ClNO2/c1-19-14-7-5-12(6-8-14)15(18)17-11-3-2-4-13(17)9-10-16/h5-8,13H,2-4,9-11H2,1H3. The molecule has 19 heavy (non-hydrogen) atoms.